The van der Waals surface area contributed by atoms with Gasteiger partial charge in [0.2, 0.25) is 5.91 Å². The van der Waals surface area contributed by atoms with E-state index >= 15 is 0 Å². The van der Waals surface area contributed by atoms with Gasteiger partial charge in [0.1, 0.15) is 5.82 Å². The van der Waals surface area contributed by atoms with Crippen molar-refractivity contribution in [3.8, 4) is 0 Å². The smallest absolute Gasteiger partial charge is 0.355 e. The van der Waals surface area contributed by atoms with E-state index in [1.165, 1.54) is 6.07 Å². The maximum Gasteiger partial charge on any atom is 0.417 e. The van der Waals surface area contributed by atoms with E-state index < -0.39 is 11.7 Å². The van der Waals surface area contributed by atoms with E-state index in [1.807, 2.05) is 42.2 Å². The second kappa shape index (κ2) is 9.12. The molecule has 1 atom stereocenters. The van der Waals surface area contributed by atoms with Gasteiger partial charge in [-0.25, -0.2) is 4.98 Å². The fraction of sp³-hybridized carbons (Fsp3) is 0.348. The number of hydrogen-bond donors (Lipinski definition) is 1. The summed E-state index contributed by atoms with van der Waals surface area (Å²) in [4.78, 5) is 25.3. The third-order valence-corrected chi connectivity index (χ3v) is 5.76. The van der Waals surface area contributed by atoms with Gasteiger partial charge < -0.3 is 10.2 Å². The van der Waals surface area contributed by atoms with E-state index in [-0.39, 0.29) is 11.9 Å². The average Bonchev–Trinajstić information content (AvgIpc) is 3.05. The third-order valence-electron chi connectivity index (χ3n) is 5.76. The number of fused-ring (bicyclic) bond motifs is 1. The summed E-state index contributed by atoms with van der Waals surface area (Å²) in [6, 6.07) is 11.5. The zero-order valence-electron chi connectivity index (χ0n) is 17.6. The first-order valence-electron chi connectivity index (χ1n) is 10.5. The van der Waals surface area contributed by atoms with Crippen molar-refractivity contribution in [1.82, 2.24) is 14.9 Å². The highest BCUT2D eigenvalue weighted by atomic mass is 19.4. The Labute approximate surface area is 184 Å². The van der Waals surface area contributed by atoms with Crippen molar-refractivity contribution in [3.63, 3.8) is 0 Å². The van der Waals surface area contributed by atoms with Gasteiger partial charge in [-0.3, -0.25) is 14.7 Å². The zero-order chi connectivity index (χ0) is 22.7. The Bertz CT molecular complexity index is 1080. The number of hydrogen-bond acceptors (Lipinski definition) is 5. The zero-order valence-corrected chi connectivity index (χ0v) is 17.6. The molecular formula is C23H24F3N5O. The number of pyridine rings is 2. The number of carbonyl (C=O) groups excluding carboxylic acids is 1. The van der Waals surface area contributed by atoms with E-state index in [4.69, 9.17) is 0 Å². The largest absolute Gasteiger partial charge is 0.417 e. The molecule has 1 aliphatic rings. The van der Waals surface area contributed by atoms with Crippen molar-refractivity contribution in [2.24, 2.45) is 0 Å². The SMILES string of the molecule is CC(C(=O)Nc1cccc2ncccc12)N1CCCN(c2ccc(C(F)(F)F)cn2)CC1. The van der Waals surface area contributed by atoms with Crippen LogP contribution in [0.15, 0.2) is 54.9 Å². The van der Waals surface area contributed by atoms with Gasteiger partial charge >= 0.3 is 6.18 Å². The van der Waals surface area contributed by atoms with E-state index in [0.29, 0.717) is 32.0 Å². The summed E-state index contributed by atoms with van der Waals surface area (Å²) >= 11 is 0. The van der Waals surface area contributed by atoms with Crippen molar-refractivity contribution in [2.45, 2.75) is 25.6 Å². The van der Waals surface area contributed by atoms with Crippen LogP contribution in [0.25, 0.3) is 10.9 Å². The average molecular weight is 443 g/mol. The van der Waals surface area contributed by atoms with Crippen molar-refractivity contribution in [1.29, 1.82) is 0 Å². The van der Waals surface area contributed by atoms with Gasteiger partial charge in [0, 0.05) is 44.0 Å². The van der Waals surface area contributed by atoms with Gasteiger partial charge in [-0.05, 0) is 49.7 Å². The molecule has 9 heteroatoms. The molecule has 3 aromatic rings. The Morgan fingerprint density at radius 2 is 1.88 bits per heavy atom. The van der Waals surface area contributed by atoms with Crippen LogP contribution >= 0.6 is 0 Å². The van der Waals surface area contributed by atoms with Crippen LogP contribution in [0.1, 0.15) is 18.9 Å². The van der Waals surface area contributed by atoms with Crippen LogP contribution in [-0.4, -0.2) is 53.0 Å². The van der Waals surface area contributed by atoms with Crippen LogP contribution in [-0.2, 0) is 11.0 Å². The van der Waals surface area contributed by atoms with Crippen LogP contribution in [0.3, 0.4) is 0 Å². The van der Waals surface area contributed by atoms with Gasteiger partial charge in [0.25, 0.3) is 0 Å². The van der Waals surface area contributed by atoms with Gasteiger partial charge in [0.05, 0.1) is 22.8 Å². The van der Waals surface area contributed by atoms with Crippen LogP contribution < -0.4 is 10.2 Å². The minimum Gasteiger partial charge on any atom is -0.355 e. The highest BCUT2D eigenvalue weighted by Gasteiger charge is 2.31. The summed E-state index contributed by atoms with van der Waals surface area (Å²) in [5.74, 6) is 0.405. The topological polar surface area (TPSA) is 61.4 Å². The number of carbonyl (C=O) groups is 1. The van der Waals surface area contributed by atoms with Crippen molar-refractivity contribution in [2.75, 3.05) is 36.4 Å². The number of alkyl halides is 3. The van der Waals surface area contributed by atoms with Gasteiger partial charge in [-0.1, -0.05) is 6.07 Å². The summed E-state index contributed by atoms with van der Waals surface area (Å²) in [7, 11) is 0. The monoisotopic (exact) mass is 443 g/mol. The normalized spacial score (nSPS) is 16.6. The van der Waals surface area contributed by atoms with Gasteiger partial charge in [0.15, 0.2) is 0 Å². The minimum atomic E-state index is -4.40. The van der Waals surface area contributed by atoms with Crippen LogP contribution in [0.5, 0.6) is 0 Å². The Morgan fingerprint density at radius 1 is 1.03 bits per heavy atom. The lowest BCUT2D eigenvalue weighted by molar-refractivity contribution is -0.137. The molecule has 1 unspecified atom stereocenters. The first-order valence-corrected chi connectivity index (χ1v) is 10.5. The Morgan fingerprint density at radius 3 is 2.62 bits per heavy atom. The van der Waals surface area contributed by atoms with Crippen LogP contribution in [0.4, 0.5) is 24.7 Å². The number of halogens is 3. The van der Waals surface area contributed by atoms with Crippen molar-refractivity contribution >= 4 is 28.3 Å². The van der Waals surface area contributed by atoms with E-state index in [2.05, 4.69) is 20.2 Å². The first-order chi connectivity index (χ1) is 15.3. The number of anilines is 2. The second-order valence-electron chi connectivity index (χ2n) is 7.82. The Hall–Kier alpha value is -3.20. The lowest BCUT2D eigenvalue weighted by Gasteiger charge is -2.27. The summed E-state index contributed by atoms with van der Waals surface area (Å²) in [5, 5.41) is 3.89. The molecule has 1 N–H and O–H groups in total. The van der Waals surface area contributed by atoms with Crippen LogP contribution in [0.2, 0.25) is 0 Å². The molecule has 1 fully saturated rings. The first kappa shape index (κ1) is 22.0. The standard InChI is InChI=1S/C23H24F3N5O/c1-16(22(32)29-20-7-2-6-19-18(20)5-3-10-27-19)30-11-4-12-31(14-13-30)21-9-8-17(15-28-21)23(24,25)26/h2-3,5-10,15-16H,4,11-14H2,1H3,(H,29,32). The van der Waals surface area contributed by atoms with Crippen molar-refractivity contribution in [3.05, 3.63) is 60.4 Å². The molecule has 1 aliphatic heterocycles. The Balaban J connectivity index is 1.40. The molecule has 1 aromatic carbocycles. The fourth-order valence-corrected chi connectivity index (χ4v) is 3.91. The summed E-state index contributed by atoms with van der Waals surface area (Å²) in [6.07, 6.45) is -1.04. The van der Waals surface area contributed by atoms with E-state index in [1.54, 1.807) is 6.20 Å². The van der Waals surface area contributed by atoms with E-state index in [0.717, 1.165) is 35.3 Å². The molecule has 0 radical (unpaired) electrons. The molecular weight excluding hydrogens is 419 g/mol. The minimum absolute atomic E-state index is 0.109. The molecule has 32 heavy (non-hydrogen) atoms. The summed E-state index contributed by atoms with van der Waals surface area (Å²) in [5.41, 5.74) is 0.775. The number of aromatic nitrogens is 2. The molecule has 3 heterocycles. The highest BCUT2D eigenvalue weighted by molar-refractivity contribution is 6.02. The number of rotatable bonds is 4. The van der Waals surface area contributed by atoms with Gasteiger partial charge in [-0.2, -0.15) is 13.2 Å². The lowest BCUT2D eigenvalue weighted by Crippen LogP contribution is -2.44. The van der Waals surface area contributed by atoms with Gasteiger partial charge in [-0.15, -0.1) is 0 Å². The predicted molar refractivity (Wildman–Crippen MR) is 117 cm³/mol. The number of benzene rings is 1. The summed E-state index contributed by atoms with van der Waals surface area (Å²) < 4.78 is 38.4. The molecule has 0 aliphatic carbocycles. The number of amides is 1. The molecule has 1 saturated heterocycles. The molecule has 0 bridgehead atoms. The molecule has 0 spiro atoms. The predicted octanol–water partition coefficient (Wildman–Crippen LogP) is 4.19. The molecule has 4 rings (SSSR count). The maximum absolute atomic E-state index is 12.9. The second-order valence-corrected chi connectivity index (χ2v) is 7.82. The molecule has 2 aromatic heterocycles. The maximum atomic E-state index is 12.9. The van der Waals surface area contributed by atoms with E-state index in [9.17, 15) is 18.0 Å². The molecule has 168 valence electrons. The lowest BCUT2D eigenvalue weighted by atomic mass is 10.1. The molecule has 1 amide bonds. The number of nitrogens with one attached hydrogen (secondary N) is 1. The molecule has 6 nitrogen and oxygen atoms in total. The van der Waals surface area contributed by atoms with Crippen molar-refractivity contribution < 1.29 is 18.0 Å². The fourth-order valence-electron chi connectivity index (χ4n) is 3.91. The third kappa shape index (κ3) is 4.83. The van der Waals surface area contributed by atoms with Crippen LogP contribution in [0, 0.1) is 0 Å². The number of nitrogens with zero attached hydrogens (tertiary/aromatic N) is 4. The highest BCUT2D eigenvalue weighted by Crippen LogP contribution is 2.29. The Kier molecular flexibility index (Phi) is 6.27. The molecule has 0 saturated carbocycles. The summed E-state index contributed by atoms with van der Waals surface area (Å²) in [6.45, 7) is 4.42. The quantitative estimate of drug-likeness (QED) is 0.655.